The van der Waals surface area contributed by atoms with Gasteiger partial charge in [0.2, 0.25) is 0 Å². The largest absolute Gasteiger partial charge is 0.493 e. The zero-order chi connectivity index (χ0) is 25.5. The summed E-state index contributed by atoms with van der Waals surface area (Å²) < 4.78 is 17.1. The van der Waals surface area contributed by atoms with Gasteiger partial charge in [-0.3, -0.25) is 4.79 Å². The third-order valence-corrected chi connectivity index (χ3v) is 5.35. The normalized spacial score (nSPS) is 10.9. The fraction of sp³-hybridized carbons (Fsp3) is 0.107. The minimum absolute atomic E-state index is 0.165. The van der Waals surface area contributed by atoms with Crippen molar-refractivity contribution in [3.8, 4) is 11.5 Å². The fourth-order valence-electron chi connectivity index (χ4n) is 3.59. The summed E-state index contributed by atoms with van der Waals surface area (Å²) in [5.74, 6) is -0.249. The summed E-state index contributed by atoms with van der Waals surface area (Å²) in [6.45, 7) is 4.03. The Kier molecular flexibility index (Phi) is 7.45. The number of carboxylic acids is 1. The summed E-state index contributed by atoms with van der Waals surface area (Å²) in [5.41, 5.74) is 5.62. The Morgan fingerprint density at radius 1 is 1.11 bits per heavy atom. The first-order valence-corrected chi connectivity index (χ1v) is 11.1. The lowest BCUT2D eigenvalue weighted by Gasteiger charge is -2.16. The van der Waals surface area contributed by atoms with Gasteiger partial charge in [-0.1, -0.05) is 36.4 Å². The first-order valence-electron chi connectivity index (χ1n) is 11.1. The first kappa shape index (κ1) is 24.3. The molecule has 1 amide bonds. The van der Waals surface area contributed by atoms with Crippen molar-refractivity contribution in [2.45, 2.75) is 13.0 Å². The molecule has 0 saturated heterocycles. The summed E-state index contributed by atoms with van der Waals surface area (Å²) in [4.78, 5) is 23.5. The van der Waals surface area contributed by atoms with E-state index in [9.17, 15) is 9.59 Å². The van der Waals surface area contributed by atoms with Gasteiger partial charge in [0, 0.05) is 10.9 Å². The van der Waals surface area contributed by atoms with Crippen LogP contribution >= 0.6 is 0 Å². The summed E-state index contributed by atoms with van der Waals surface area (Å²) in [7, 11) is 1.53. The molecule has 4 aromatic rings. The standard InChI is InChI=1S/C28H24N2O6/c1-3-6-22-13-19(16-29-30-27(31)25-15-21-7-4-5-8-23(21)36-25)14-24(34-2)26(22)35-17-18-9-11-20(12-10-18)28(32)33/h3-5,7-16H,1,6,17H2,2H3,(H,30,31)(H,32,33)/b29-16+. The Balaban J connectivity index is 1.49. The molecule has 0 unspecified atom stereocenters. The highest BCUT2D eigenvalue weighted by atomic mass is 16.5. The van der Waals surface area contributed by atoms with Crippen LogP contribution in [0, 0.1) is 0 Å². The predicted octanol–water partition coefficient (Wildman–Crippen LogP) is 5.21. The Morgan fingerprint density at radius 2 is 1.89 bits per heavy atom. The third kappa shape index (κ3) is 5.61. The lowest BCUT2D eigenvalue weighted by atomic mass is 10.1. The number of rotatable bonds is 10. The SMILES string of the molecule is C=CCc1cc(/C=N/NC(=O)c2cc3ccccc3o2)cc(OC)c1OCc1ccc(C(=O)O)cc1. The molecule has 0 saturated carbocycles. The van der Waals surface area contributed by atoms with Crippen LogP contribution < -0.4 is 14.9 Å². The van der Waals surface area contributed by atoms with Crippen molar-refractivity contribution < 1.29 is 28.6 Å². The second-order valence-corrected chi connectivity index (χ2v) is 7.84. The summed E-state index contributed by atoms with van der Waals surface area (Å²) in [5, 5.41) is 13.9. The highest BCUT2D eigenvalue weighted by molar-refractivity contribution is 5.96. The number of hydrogen-bond donors (Lipinski definition) is 2. The Hall–Kier alpha value is -4.85. The monoisotopic (exact) mass is 484 g/mol. The van der Waals surface area contributed by atoms with E-state index in [1.807, 2.05) is 24.3 Å². The van der Waals surface area contributed by atoms with E-state index in [1.54, 1.807) is 36.4 Å². The highest BCUT2D eigenvalue weighted by Gasteiger charge is 2.14. The molecule has 0 spiro atoms. The van der Waals surface area contributed by atoms with E-state index < -0.39 is 11.9 Å². The van der Waals surface area contributed by atoms with Crippen molar-refractivity contribution in [3.63, 3.8) is 0 Å². The maximum atomic E-state index is 12.4. The van der Waals surface area contributed by atoms with E-state index in [-0.39, 0.29) is 17.9 Å². The number of hydrazone groups is 1. The van der Waals surface area contributed by atoms with Gasteiger partial charge >= 0.3 is 11.9 Å². The van der Waals surface area contributed by atoms with Gasteiger partial charge in [-0.05, 0) is 53.9 Å². The fourth-order valence-corrected chi connectivity index (χ4v) is 3.59. The van der Waals surface area contributed by atoms with Crippen LogP contribution in [0.4, 0.5) is 0 Å². The number of furan rings is 1. The van der Waals surface area contributed by atoms with E-state index in [0.29, 0.717) is 29.1 Å². The number of carbonyl (C=O) groups is 2. The van der Waals surface area contributed by atoms with E-state index in [4.69, 9.17) is 19.0 Å². The maximum Gasteiger partial charge on any atom is 0.335 e. The molecule has 182 valence electrons. The van der Waals surface area contributed by atoms with Crippen molar-refractivity contribution in [1.29, 1.82) is 0 Å². The number of para-hydroxylation sites is 1. The molecule has 0 atom stereocenters. The number of nitrogens with zero attached hydrogens (tertiary/aromatic N) is 1. The quantitative estimate of drug-likeness (QED) is 0.182. The Labute approximate surface area is 207 Å². The van der Waals surface area contributed by atoms with Crippen LogP contribution in [0.1, 0.15) is 37.6 Å². The Morgan fingerprint density at radius 3 is 2.58 bits per heavy atom. The van der Waals surface area contributed by atoms with Gasteiger partial charge in [0.1, 0.15) is 12.2 Å². The molecule has 36 heavy (non-hydrogen) atoms. The number of fused-ring (bicyclic) bond motifs is 1. The number of carboxylic acid groups (broad SMARTS) is 1. The second kappa shape index (κ2) is 11.1. The number of methoxy groups -OCH3 is 1. The number of allylic oxidation sites excluding steroid dienone is 1. The molecular formula is C28H24N2O6. The third-order valence-electron chi connectivity index (χ3n) is 5.35. The molecule has 1 aromatic heterocycles. The molecule has 8 heteroatoms. The number of hydrogen-bond acceptors (Lipinski definition) is 6. The van der Waals surface area contributed by atoms with Crippen LogP contribution in [0.2, 0.25) is 0 Å². The van der Waals surface area contributed by atoms with Gasteiger partial charge < -0.3 is 19.0 Å². The van der Waals surface area contributed by atoms with Gasteiger partial charge in [-0.25, -0.2) is 10.2 Å². The average molecular weight is 485 g/mol. The van der Waals surface area contributed by atoms with E-state index in [0.717, 1.165) is 16.5 Å². The van der Waals surface area contributed by atoms with E-state index in [1.165, 1.54) is 25.5 Å². The van der Waals surface area contributed by atoms with Crippen LogP contribution in [-0.2, 0) is 13.0 Å². The maximum absolute atomic E-state index is 12.4. The van der Waals surface area contributed by atoms with Gasteiger partial charge in [0.15, 0.2) is 17.3 Å². The molecule has 3 aromatic carbocycles. The molecule has 0 aliphatic heterocycles. The van der Waals surface area contributed by atoms with E-state index >= 15 is 0 Å². The van der Waals surface area contributed by atoms with Gasteiger partial charge in [-0.15, -0.1) is 6.58 Å². The predicted molar refractivity (Wildman–Crippen MR) is 136 cm³/mol. The molecule has 2 N–H and O–H groups in total. The van der Waals surface area contributed by atoms with Crippen LogP contribution in [0.3, 0.4) is 0 Å². The molecule has 0 radical (unpaired) electrons. The number of nitrogens with one attached hydrogen (secondary N) is 1. The smallest absolute Gasteiger partial charge is 0.335 e. The van der Waals surface area contributed by atoms with E-state index in [2.05, 4.69) is 17.1 Å². The molecule has 0 bridgehead atoms. The lowest BCUT2D eigenvalue weighted by Crippen LogP contribution is -2.16. The van der Waals surface area contributed by atoms with Crippen LogP contribution in [0.15, 0.2) is 88.9 Å². The van der Waals surface area contributed by atoms with Crippen LogP contribution in [-0.4, -0.2) is 30.3 Å². The number of ether oxygens (including phenoxy) is 2. The van der Waals surface area contributed by atoms with Crippen molar-refractivity contribution in [3.05, 3.63) is 107 Å². The number of aromatic carboxylic acids is 1. The second-order valence-electron chi connectivity index (χ2n) is 7.84. The highest BCUT2D eigenvalue weighted by Crippen LogP contribution is 2.34. The number of benzene rings is 3. The topological polar surface area (TPSA) is 110 Å². The average Bonchev–Trinajstić information content (AvgIpc) is 3.33. The van der Waals surface area contributed by atoms with Gasteiger partial charge in [-0.2, -0.15) is 5.10 Å². The van der Waals surface area contributed by atoms with Gasteiger partial charge in [0.25, 0.3) is 0 Å². The Bertz CT molecular complexity index is 1400. The molecule has 0 fully saturated rings. The molecule has 1 heterocycles. The van der Waals surface area contributed by atoms with Crippen molar-refractivity contribution in [2.75, 3.05) is 7.11 Å². The van der Waals surface area contributed by atoms with Crippen molar-refractivity contribution in [1.82, 2.24) is 5.43 Å². The molecular weight excluding hydrogens is 460 g/mol. The lowest BCUT2D eigenvalue weighted by molar-refractivity contribution is 0.0696. The zero-order valence-corrected chi connectivity index (χ0v) is 19.6. The summed E-state index contributed by atoms with van der Waals surface area (Å²) in [6.07, 6.45) is 3.76. The van der Waals surface area contributed by atoms with Crippen molar-refractivity contribution >= 4 is 29.1 Å². The number of amides is 1. The number of carbonyl (C=O) groups excluding carboxylic acids is 1. The summed E-state index contributed by atoms with van der Waals surface area (Å²) >= 11 is 0. The molecule has 0 aliphatic carbocycles. The molecule has 4 rings (SSSR count). The van der Waals surface area contributed by atoms with Crippen LogP contribution in [0.5, 0.6) is 11.5 Å². The zero-order valence-electron chi connectivity index (χ0n) is 19.6. The summed E-state index contributed by atoms with van der Waals surface area (Å²) in [6, 6.07) is 19.1. The molecule has 0 aliphatic rings. The minimum Gasteiger partial charge on any atom is -0.493 e. The molecule has 8 nitrogen and oxygen atoms in total. The van der Waals surface area contributed by atoms with Crippen LogP contribution in [0.25, 0.3) is 11.0 Å². The minimum atomic E-state index is -0.983. The van der Waals surface area contributed by atoms with Gasteiger partial charge in [0.05, 0.1) is 18.9 Å². The first-order chi connectivity index (χ1) is 17.5. The van der Waals surface area contributed by atoms with Crippen molar-refractivity contribution in [2.24, 2.45) is 5.10 Å².